The van der Waals surface area contributed by atoms with Crippen molar-refractivity contribution in [3.63, 3.8) is 0 Å². The zero-order valence-electron chi connectivity index (χ0n) is 15.0. The van der Waals surface area contributed by atoms with Crippen molar-refractivity contribution in [3.8, 4) is 5.75 Å². The van der Waals surface area contributed by atoms with Gasteiger partial charge in [0, 0.05) is 11.4 Å². The van der Waals surface area contributed by atoms with Crippen LogP contribution in [0.2, 0.25) is 0 Å². The number of aromatic nitrogens is 3. The number of carbonyl (C=O) groups is 1. The van der Waals surface area contributed by atoms with E-state index in [1.54, 1.807) is 36.1 Å². The van der Waals surface area contributed by atoms with Gasteiger partial charge in [-0.25, -0.2) is 4.68 Å². The Balaban J connectivity index is 1.70. The molecule has 1 aliphatic heterocycles. The van der Waals surface area contributed by atoms with Crippen LogP contribution in [0.3, 0.4) is 0 Å². The average molecular weight is 361 g/mol. The molecule has 7 nitrogen and oxygen atoms in total. The van der Waals surface area contributed by atoms with Crippen LogP contribution in [0.4, 0.5) is 11.6 Å². The predicted octanol–water partition coefficient (Wildman–Crippen LogP) is 3.21. The van der Waals surface area contributed by atoms with Gasteiger partial charge in [0.25, 0.3) is 5.91 Å². The Morgan fingerprint density at radius 2 is 1.89 bits per heavy atom. The van der Waals surface area contributed by atoms with Gasteiger partial charge in [-0.1, -0.05) is 30.3 Å². The summed E-state index contributed by atoms with van der Waals surface area (Å²) in [5.74, 6) is 1.15. The van der Waals surface area contributed by atoms with Crippen molar-refractivity contribution in [2.75, 3.05) is 17.7 Å². The minimum Gasteiger partial charge on any atom is -0.497 e. The molecule has 1 aromatic heterocycles. The molecule has 0 bridgehead atoms. The topological polar surface area (TPSA) is 81.1 Å². The van der Waals surface area contributed by atoms with Crippen LogP contribution in [0.25, 0.3) is 0 Å². The maximum atomic E-state index is 13.1. The molecule has 2 heterocycles. The Morgan fingerprint density at radius 1 is 1.15 bits per heavy atom. The summed E-state index contributed by atoms with van der Waals surface area (Å²) in [4.78, 5) is 17.4. The highest BCUT2D eigenvalue weighted by atomic mass is 16.5. The van der Waals surface area contributed by atoms with Crippen molar-refractivity contribution in [2.45, 2.75) is 13.0 Å². The number of hydrogen-bond acceptors (Lipinski definition) is 5. The van der Waals surface area contributed by atoms with Gasteiger partial charge in [0.1, 0.15) is 18.1 Å². The van der Waals surface area contributed by atoms with Crippen LogP contribution < -0.4 is 15.4 Å². The van der Waals surface area contributed by atoms with Gasteiger partial charge in [0.2, 0.25) is 5.95 Å². The second-order valence-corrected chi connectivity index (χ2v) is 6.19. The van der Waals surface area contributed by atoms with E-state index in [0.717, 1.165) is 17.0 Å². The average Bonchev–Trinajstić information content (AvgIpc) is 3.16. The van der Waals surface area contributed by atoms with Crippen molar-refractivity contribution >= 4 is 17.5 Å². The van der Waals surface area contributed by atoms with Gasteiger partial charge in [0.15, 0.2) is 0 Å². The van der Waals surface area contributed by atoms with E-state index in [0.29, 0.717) is 17.2 Å². The molecular formula is C20H19N5O2. The van der Waals surface area contributed by atoms with Crippen molar-refractivity contribution in [2.24, 2.45) is 0 Å². The second-order valence-electron chi connectivity index (χ2n) is 6.19. The van der Waals surface area contributed by atoms with Crippen LogP contribution in [-0.2, 0) is 4.79 Å². The van der Waals surface area contributed by atoms with Crippen molar-refractivity contribution < 1.29 is 9.53 Å². The second kappa shape index (κ2) is 6.95. The fourth-order valence-corrected chi connectivity index (χ4v) is 3.20. The first-order valence-corrected chi connectivity index (χ1v) is 8.55. The molecule has 136 valence electrons. The molecule has 27 heavy (non-hydrogen) atoms. The van der Waals surface area contributed by atoms with Gasteiger partial charge in [-0.15, -0.1) is 0 Å². The minimum absolute atomic E-state index is 0.194. The molecule has 1 aliphatic rings. The quantitative estimate of drug-likeness (QED) is 0.746. The van der Waals surface area contributed by atoms with Crippen molar-refractivity contribution in [3.05, 3.63) is 77.8 Å². The van der Waals surface area contributed by atoms with Crippen LogP contribution in [0.1, 0.15) is 18.5 Å². The molecule has 1 atom stereocenters. The summed E-state index contributed by atoms with van der Waals surface area (Å²) >= 11 is 0. The molecule has 0 fully saturated rings. The molecule has 0 spiro atoms. The molecule has 0 aliphatic carbocycles. The van der Waals surface area contributed by atoms with Crippen molar-refractivity contribution in [1.29, 1.82) is 0 Å². The predicted molar refractivity (Wildman–Crippen MR) is 103 cm³/mol. The lowest BCUT2D eigenvalue weighted by Gasteiger charge is -2.28. The molecule has 1 amide bonds. The van der Waals surface area contributed by atoms with E-state index in [9.17, 15) is 4.79 Å². The maximum absolute atomic E-state index is 13.1. The monoisotopic (exact) mass is 361 g/mol. The highest BCUT2D eigenvalue weighted by Crippen LogP contribution is 2.35. The first kappa shape index (κ1) is 16.8. The molecule has 0 unspecified atom stereocenters. The maximum Gasteiger partial charge on any atom is 0.255 e. The summed E-state index contributed by atoms with van der Waals surface area (Å²) < 4.78 is 6.89. The first-order valence-electron chi connectivity index (χ1n) is 8.55. The van der Waals surface area contributed by atoms with Crippen molar-refractivity contribution in [1.82, 2.24) is 14.8 Å². The Labute approximate surface area is 156 Å². The summed E-state index contributed by atoms with van der Waals surface area (Å²) in [6, 6.07) is 16.7. The standard InChI is InChI=1S/C20H19N5O2/c1-13-17(19(26)24-15-8-10-16(27-2)11-9-15)18(14-6-4-3-5-7-14)25-20(23-13)21-12-22-25/h3-12,18H,1-2H3,(H,24,26)(H,21,22,23)/t18-/m1/s1. The van der Waals surface area contributed by atoms with Gasteiger partial charge in [-0.2, -0.15) is 10.1 Å². The fraction of sp³-hybridized carbons (Fsp3) is 0.150. The number of carbonyl (C=O) groups excluding carboxylic acids is 1. The summed E-state index contributed by atoms with van der Waals surface area (Å²) in [5, 5.41) is 10.4. The Bertz CT molecular complexity index is 993. The zero-order valence-corrected chi connectivity index (χ0v) is 15.0. The number of benzene rings is 2. The third-order valence-electron chi connectivity index (χ3n) is 4.50. The van der Waals surface area contributed by atoms with Gasteiger partial charge in [-0.05, 0) is 36.8 Å². The summed E-state index contributed by atoms with van der Waals surface area (Å²) in [7, 11) is 1.61. The number of anilines is 2. The zero-order chi connectivity index (χ0) is 18.8. The number of hydrogen-bond donors (Lipinski definition) is 2. The van der Waals surface area contributed by atoms with E-state index >= 15 is 0 Å². The van der Waals surface area contributed by atoms with E-state index in [4.69, 9.17) is 4.74 Å². The molecule has 0 saturated heterocycles. The van der Waals surface area contributed by atoms with Crippen LogP contribution in [0.5, 0.6) is 5.75 Å². The van der Waals surface area contributed by atoms with Crippen LogP contribution in [-0.4, -0.2) is 27.8 Å². The summed E-state index contributed by atoms with van der Waals surface area (Å²) in [6.07, 6.45) is 1.48. The fourth-order valence-electron chi connectivity index (χ4n) is 3.20. The molecule has 2 N–H and O–H groups in total. The number of nitrogens with zero attached hydrogens (tertiary/aromatic N) is 3. The van der Waals surface area contributed by atoms with E-state index < -0.39 is 0 Å². The Morgan fingerprint density at radius 3 is 2.59 bits per heavy atom. The highest BCUT2D eigenvalue weighted by molar-refractivity contribution is 6.06. The minimum atomic E-state index is -0.358. The molecule has 4 rings (SSSR count). The Kier molecular flexibility index (Phi) is 4.33. The summed E-state index contributed by atoms with van der Waals surface area (Å²) in [5.41, 5.74) is 2.99. The third-order valence-corrected chi connectivity index (χ3v) is 4.50. The lowest BCUT2D eigenvalue weighted by atomic mass is 9.95. The van der Waals surface area contributed by atoms with Crippen LogP contribution in [0, 0.1) is 0 Å². The highest BCUT2D eigenvalue weighted by Gasteiger charge is 2.33. The SMILES string of the molecule is COc1ccc(NC(=O)C2=C(C)Nc3ncnn3[C@@H]2c2ccccc2)cc1. The number of amides is 1. The van der Waals surface area contributed by atoms with E-state index in [-0.39, 0.29) is 11.9 Å². The number of nitrogens with one attached hydrogen (secondary N) is 2. The van der Waals surface area contributed by atoms with E-state index in [1.165, 1.54) is 6.33 Å². The van der Waals surface area contributed by atoms with Crippen LogP contribution in [0.15, 0.2) is 72.2 Å². The summed E-state index contributed by atoms with van der Waals surface area (Å²) in [6.45, 7) is 1.87. The lowest BCUT2D eigenvalue weighted by Crippen LogP contribution is -2.31. The number of methoxy groups -OCH3 is 1. The Hall–Kier alpha value is -3.61. The molecule has 0 saturated carbocycles. The molecule has 3 aromatic rings. The van der Waals surface area contributed by atoms with E-state index in [1.807, 2.05) is 37.3 Å². The first-order chi connectivity index (χ1) is 13.2. The number of fused-ring (bicyclic) bond motifs is 1. The van der Waals surface area contributed by atoms with Gasteiger partial charge >= 0.3 is 0 Å². The normalized spacial score (nSPS) is 15.7. The lowest BCUT2D eigenvalue weighted by molar-refractivity contribution is -0.113. The van der Waals surface area contributed by atoms with Gasteiger partial charge in [-0.3, -0.25) is 4.79 Å². The molecule has 0 radical (unpaired) electrons. The smallest absolute Gasteiger partial charge is 0.255 e. The molecule has 2 aromatic carbocycles. The van der Waals surface area contributed by atoms with Gasteiger partial charge in [0.05, 0.1) is 12.7 Å². The largest absolute Gasteiger partial charge is 0.497 e. The van der Waals surface area contributed by atoms with E-state index in [2.05, 4.69) is 20.7 Å². The number of rotatable bonds is 4. The molecular weight excluding hydrogens is 342 g/mol. The molecule has 7 heteroatoms. The van der Waals surface area contributed by atoms with Gasteiger partial charge < -0.3 is 15.4 Å². The number of allylic oxidation sites excluding steroid dienone is 1. The van der Waals surface area contributed by atoms with Crippen LogP contribution >= 0.6 is 0 Å². The number of ether oxygens (including phenoxy) is 1. The third kappa shape index (κ3) is 3.15.